The van der Waals surface area contributed by atoms with Crippen LogP contribution in [0.3, 0.4) is 0 Å². The normalized spacial score (nSPS) is 12.1. The monoisotopic (exact) mass is 641 g/mol. The summed E-state index contributed by atoms with van der Waals surface area (Å²) in [6.45, 7) is 1.22. The number of aryl methyl sites for hydroxylation is 1. The zero-order valence-corrected chi connectivity index (χ0v) is 27.3. The Kier molecular flexibility index (Phi) is 6.78. The number of benzene rings is 6. The Bertz CT molecular complexity index is 2490. The van der Waals surface area contributed by atoms with Gasteiger partial charge in [0.25, 0.3) is 0 Å². The number of rotatable bonds is 4. The first-order valence-corrected chi connectivity index (χ1v) is 18.4. The molecule has 0 bridgehead atoms. The highest BCUT2D eigenvalue weighted by molar-refractivity contribution is 8.00. The molecule has 2 aromatic heterocycles. The van der Waals surface area contributed by atoms with Crippen molar-refractivity contribution in [3.05, 3.63) is 157 Å². The SMILES string of the molecule is Cc1ccncc1-c1ccc(-c2cc3c4c(c2)oc2c(-c5ccccc5)cccc2sp4-c2cccc(-c4ccccc4)c2O3)cc1. The van der Waals surface area contributed by atoms with E-state index in [1.165, 1.54) is 10.9 Å². The van der Waals surface area contributed by atoms with Crippen LogP contribution in [0.4, 0.5) is 0 Å². The van der Waals surface area contributed by atoms with E-state index in [2.05, 4.69) is 151 Å². The van der Waals surface area contributed by atoms with Crippen molar-refractivity contribution in [3.8, 4) is 61.3 Å². The van der Waals surface area contributed by atoms with Crippen LogP contribution in [0.25, 0.3) is 70.8 Å². The van der Waals surface area contributed by atoms with Gasteiger partial charge < -0.3 is 9.15 Å². The van der Waals surface area contributed by atoms with Crippen LogP contribution in [0, 0.1) is 6.92 Å². The van der Waals surface area contributed by atoms with Gasteiger partial charge in [-0.25, -0.2) is 0 Å². The lowest BCUT2D eigenvalue weighted by Gasteiger charge is -2.22. The number of ether oxygens (including phenoxy) is 1. The Labute approximate surface area is 277 Å². The molecule has 1 atom stereocenters. The fraction of sp³-hybridized carbons (Fsp3) is 0.0238. The fourth-order valence-corrected chi connectivity index (χ4v) is 11.2. The molecule has 0 amide bonds. The van der Waals surface area contributed by atoms with E-state index in [0.29, 0.717) is 0 Å². The molecule has 1 unspecified atom stereocenters. The lowest BCUT2D eigenvalue weighted by atomic mass is 9.99. The summed E-state index contributed by atoms with van der Waals surface area (Å²) < 4.78 is 15.1. The molecule has 1 aliphatic heterocycles. The van der Waals surface area contributed by atoms with Crippen LogP contribution in [-0.4, -0.2) is 4.98 Å². The van der Waals surface area contributed by atoms with Crippen LogP contribution < -0.4 is 4.74 Å². The van der Waals surface area contributed by atoms with Gasteiger partial charge in [0.05, 0.1) is 15.1 Å². The number of pyridine rings is 1. The second kappa shape index (κ2) is 11.4. The first-order chi connectivity index (χ1) is 23.2. The van der Waals surface area contributed by atoms with Crippen molar-refractivity contribution in [2.24, 2.45) is 0 Å². The molecular formula is C42H28NO2PS. The number of fused-ring (bicyclic) bond motifs is 3. The third kappa shape index (κ3) is 4.85. The summed E-state index contributed by atoms with van der Waals surface area (Å²) in [5.74, 6) is 1.78. The Morgan fingerprint density at radius 1 is 0.596 bits per heavy atom. The average molecular weight is 642 g/mol. The molecule has 8 aromatic rings. The number of hydrogen-bond acceptors (Lipinski definition) is 4. The Hall–Kier alpha value is -5.41. The Morgan fingerprint density at radius 3 is 2.04 bits per heavy atom. The van der Waals surface area contributed by atoms with Crippen molar-refractivity contribution >= 4 is 38.6 Å². The predicted molar refractivity (Wildman–Crippen MR) is 198 cm³/mol. The van der Waals surface area contributed by atoms with Crippen molar-refractivity contribution in [3.63, 3.8) is 0 Å². The zero-order chi connectivity index (χ0) is 31.3. The van der Waals surface area contributed by atoms with Crippen molar-refractivity contribution in [1.82, 2.24) is 4.98 Å². The molecule has 0 saturated heterocycles. The van der Waals surface area contributed by atoms with Gasteiger partial charge in [0, 0.05) is 29.1 Å². The predicted octanol–water partition coefficient (Wildman–Crippen LogP) is 13.2. The molecule has 47 heavy (non-hydrogen) atoms. The Balaban J connectivity index is 1.32. The average Bonchev–Trinajstić information content (AvgIpc) is 3.30. The van der Waals surface area contributed by atoms with Gasteiger partial charge in [-0.3, -0.25) is 4.98 Å². The summed E-state index contributed by atoms with van der Waals surface area (Å²) in [5.41, 5.74) is 11.8. The van der Waals surface area contributed by atoms with Crippen LogP contribution in [-0.2, 0) is 0 Å². The highest BCUT2D eigenvalue weighted by Gasteiger charge is 2.26. The number of aromatic nitrogens is 1. The first-order valence-electron chi connectivity index (χ1n) is 15.6. The zero-order valence-electron chi connectivity index (χ0n) is 25.6. The van der Waals surface area contributed by atoms with Gasteiger partial charge in [0.1, 0.15) is 17.1 Å². The van der Waals surface area contributed by atoms with Gasteiger partial charge in [0.2, 0.25) is 0 Å². The van der Waals surface area contributed by atoms with Gasteiger partial charge in [0.15, 0.2) is 5.58 Å². The number of hydrogen-bond donors (Lipinski definition) is 0. The molecule has 1 aliphatic rings. The minimum Gasteiger partial charge on any atom is -0.455 e. The molecule has 0 radical (unpaired) electrons. The third-order valence-corrected chi connectivity index (χ3v) is 13.4. The van der Waals surface area contributed by atoms with Crippen molar-refractivity contribution in [2.75, 3.05) is 0 Å². The van der Waals surface area contributed by atoms with Crippen molar-refractivity contribution < 1.29 is 9.15 Å². The number of nitrogens with zero attached hydrogens (tertiary/aromatic N) is 1. The molecule has 5 heteroatoms. The van der Waals surface area contributed by atoms with Gasteiger partial charge in [-0.2, -0.15) is 0 Å². The molecule has 0 spiro atoms. The summed E-state index contributed by atoms with van der Waals surface area (Å²) in [5, 5.41) is 2.34. The van der Waals surface area contributed by atoms with Gasteiger partial charge >= 0.3 is 0 Å². The van der Waals surface area contributed by atoms with Gasteiger partial charge in [-0.1, -0.05) is 109 Å². The van der Waals surface area contributed by atoms with E-state index in [4.69, 9.17) is 9.15 Å². The minimum atomic E-state index is -0.897. The standard InChI is InChI=1S/C42H28NO2PS/c1-27-22-23-43-26-35(27)31-20-18-28(19-21-31)32-24-36-42-37(25-32)45-41-34(30-12-6-3-7-13-30)15-9-17-39(41)47-46(42)38-16-8-14-33(40(38)44-36)29-10-4-2-5-11-29/h2-26H,1H3. The molecule has 224 valence electrons. The molecule has 6 aromatic carbocycles. The Morgan fingerprint density at radius 2 is 1.28 bits per heavy atom. The molecular weight excluding hydrogens is 614 g/mol. The highest BCUT2D eigenvalue weighted by atomic mass is 32.5. The van der Waals surface area contributed by atoms with E-state index >= 15 is 0 Å². The second-order valence-corrected chi connectivity index (χ2v) is 15.5. The van der Waals surface area contributed by atoms with Crippen LogP contribution in [0.1, 0.15) is 5.56 Å². The molecule has 0 N–H and O–H groups in total. The van der Waals surface area contributed by atoms with Crippen LogP contribution >= 0.6 is 17.7 Å². The second-order valence-electron chi connectivity index (χ2n) is 11.7. The summed E-state index contributed by atoms with van der Waals surface area (Å²) in [7, 11) is 1.90. The van der Waals surface area contributed by atoms with Gasteiger partial charge in [-0.05, 0) is 77.3 Å². The summed E-state index contributed by atoms with van der Waals surface area (Å²) in [6, 6.07) is 49.2. The molecule has 0 saturated carbocycles. The van der Waals surface area contributed by atoms with E-state index in [1.807, 2.05) is 23.3 Å². The van der Waals surface area contributed by atoms with Crippen LogP contribution in [0.5, 0.6) is 11.5 Å². The van der Waals surface area contributed by atoms with E-state index in [-0.39, 0.29) is 0 Å². The van der Waals surface area contributed by atoms with E-state index in [0.717, 1.165) is 77.0 Å². The lowest BCUT2D eigenvalue weighted by Crippen LogP contribution is -1.95. The van der Waals surface area contributed by atoms with Crippen LogP contribution in [0.2, 0.25) is 0 Å². The molecule has 0 fully saturated rings. The van der Waals surface area contributed by atoms with E-state index < -0.39 is 6.71 Å². The maximum absolute atomic E-state index is 7.04. The first kappa shape index (κ1) is 27.9. The third-order valence-electron chi connectivity index (χ3n) is 8.79. The molecule has 3 nitrogen and oxygen atoms in total. The molecule has 9 rings (SSSR count). The van der Waals surface area contributed by atoms with Crippen molar-refractivity contribution in [1.29, 1.82) is 0 Å². The van der Waals surface area contributed by atoms with Crippen LogP contribution in [0.15, 0.2) is 156 Å². The van der Waals surface area contributed by atoms with E-state index in [9.17, 15) is 0 Å². The quantitative estimate of drug-likeness (QED) is 0.192. The molecule has 0 aliphatic carbocycles. The van der Waals surface area contributed by atoms with Crippen molar-refractivity contribution in [2.45, 2.75) is 6.92 Å². The topological polar surface area (TPSA) is 35.3 Å². The smallest absolute Gasteiger partial charge is 0.152 e. The highest BCUT2D eigenvalue weighted by Crippen LogP contribution is 2.63. The lowest BCUT2D eigenvalue weighted by molar-refractivity contribution is 0.492. The summed E-state index contributed by atoms with van der Waals surface area (Å²) in [4.78, 5) is 4.36. The van der Waals surface area contributed by atoms with Gasteiger partial charge in [-0.15, -0.1) is 10.9 Å². The van der Waals surface area contributed by atoms with E-state index in [1.54, 1.807) is 0 Å². The minimum absolute atomic E-state index is 0.848. The molecule has 3 heterocycles. The number of para-hydroxylation sites is 2. The largest absolute Gasteiger partial charge is 0.455 e. The summed E-state index contributed by atoms with van der Waals surface area (Å²) >= 11 is 0. The summed E-state index contributed by atoms with van der Waals surface area (Å²) in [6.07, 6.45) is 3.77. The maximum Gasteiger partial charge on any atom is 0.152 e. The fourth-order valence-electron chi connectivity index (χ4n) is 6.42. The maximum atomic E-state index is 7.04.